The molecule has 5 unspecified atom stereocenters. The van der Waals surface area contributed by atoms with E-state index in [1.807, 2.05) is 6.92 Å². The SMILES string of the molecule is CCCC=CC1C(C(=O)OC)CC(N)C1C(C)NC(C)=O. The molecular formula is C16H28N2O3. The van der Waals surface area contributed by atoms with Gasteiger partial charge >= 0.3 is 5.97 Å². The molecule has 1 rings (SSSR count). The van der Waals surface area contributed by atoms with Gasteiger partial charge in [-0.1, -0.05) is 25.5 Å². The molecule has 0 aromatic heterocycles. The summed E-state index contributed by atoms with van der Waals surface area (Å²) in [4.78, 5) is 23.3. The first-order chi connectivity index (χ1) is 9.92. The van der Waals surface area contributed by atoms with Crippen molar-refractivity contribution in [1.29, 1.82) is 0 Å². The largest absolute Gasteiger partial charge is 0.469 e. The average molecular weight is 296 g/mol. The van der Waals surface area contributed by atoms with E-state index in [1.165, 1.54) is 14.0 Å². The van der Waals surface area contributed by atoms with E-state index in [4.69, 9.17) is 10.5 Å². The van der Waals surface area contributed by atoms with Gasteiger partial charge in [0.2, 0.25) is 5.91 Å². The molecule has 0 radical (unpaired) electrons. The molecule has 0 saturated heterocycles. The Balaban J connectivity index is 2.95. The fraction of sp³-hybridized carbons (Fsp3) is 0.750. The molecule has 5 heteroatoms. The highest BCUT2D eigenvalue weighted by atomic mass is 16.5. The second-order valence-electron chi connectivity index (χ2n) is 5.89. The zero-order valence-electron chi connectivity index (χ0n) is 13.5. The summed E-state index contributed by atoms with van der Waals surface area (Å²) in [6.45, 7) is 5.56. The van der Waals surface area contributed by atoms with Gasteiger partial charge in [-0.05, 0) is 25.7 Å². The summed E-state index contributed by atoms with van der Waals surface area (Å²) in [7, 11) is 1.41. The molecule has 5 atom stereocenters. The molecule has 5 nitrogen and oxygen atoms in total. The maximum absolute atomic E-state index is 12.0. The Morgan fingerprint density at radius 2 is 2.14 bits per heavy atom. The van der Waals surface area contributed by atoms with Crippen molar-refractivity contribution in [2.45, 2.75) is 52.1 Å². The quantitative estimate of drug-likeness (QED) is 0.576. The summed E-state index contributed by atoms with van der Waals surface area (Å²) in [5, 5.41) is 2.91. The Hall–Kier alpha value is -1.36. The lowest BCUT2D eigenvalue weighted by Crippen LogP contribution is -2.45. The first kappa shape index (κ1) is 17.7. The number of methoxy groups -OCH3 is 1. The van der Waals surface area contributed by atoms with Crippen LogP contribution in [-0.4, -0.2) is 31.1 Å². The number of nitrogens with two attached hydrogens (primary N) is 1. The molecular weight excluding hydrogens is 268 g/mol. The monoisotopic (exact) mass is 296 g/mol. The summed E-state index contributed by atoms with van der Waals surface area (Å²) in [6, 6.07) is -0.185. The van der Waals surface area contributed by atoms with Crippen LogP contribution in [-0.2, 0) is 14.3 Å². The van der Waals surface area contributed by atoms with Gasteiger partial charge in [0.1, 0.15) is 0 Å². The van der Waals surface area contributed by atoms with Crippen LogP contribution in [0.15, 0.2) is 12.2 Å². The number of allylic oxidation sites excluding steroid dienone is 2. The third-order valence-corrected chi connectivity index (χ3v) is 4.26. The van der Waals surface area contributed by atoms with Gasteiger partial charge in [-0.15, -0.1) is 0 Å². The molecule has 1 aliphatic rings. The topological polar surface area (TPSA) is 81.4 Å². The highest BCUT2D eigenvalue weighted by Crippen LogP contribution is 2.40. The molecule has 1 saturated carbocycles. The second-order valence-corrected chi connectivity index (χ2v) is 5.89. The fourth-order valence-corrected chi connectivity index (χ4v) is 3.37. The van der Waals surface area contributed by atoms with Crippen molar-refractivity contribution in [3.05, 3.63) is 12.2 Å². The summed E-state index contributed by atoms with van der Waals surface area (Å²) in [5.41, 5.74) is 6.24. The first-order valence-electron chi connectivity index (χ1n) is 7.69. The molecule has 0 aromatic rings. The van der Waals surface area contributed by atoms with E-state index in [0.717, 1.165) is 12.8 Å². The van der Waals surface area contributed by atoms with Crippen LogP contribution in [0.4, 0.5) is 0 Å². The number of rotatable bonds is 6. The van der Waals surface area contributed by atoms with Gasteiger partial charge in [0.05, 0.1) is 13.0 Å². The minimum absolute atomic E-state index is 0.0147. The van der Waals surface area contributed by atoms with Gasteiger partial charge in [0.25, 0.3) is 0 Å². The van der Waals surface area contributed by atoms with E-state index < -0.39 is 0 Å². The summed E-state index contributed by atoms with van der Waals surface area (Å²) < 4.78 is 4.91. The summed E-state index contributed by atoms with van der Waals surface area (Å²) in [6.07, 6.45) is 6.82. The van der Waals surface area contributed by atoms with E-state index in [0.29, 0.717) is 6.42 Å². The number of hydrogen-bond donors (Lipinski definition) is 2. The fourth-order valence-electron chi connectivity index (χ4n) is 3.37. The maximum Gasteiger partial charge on any atom is 0.309 e. The number of amides is 1. The van der Waals surface area contributed by atoms with Gasteiger partial charge < -0.3 is 15.8 Å². The standard InChI is InChI=1S/C16H28N2O3/c1-5-6-7-8-12-13(16(20)21-4)9-14(17)15(12)10(2)18-11(3)19/h7-8,10,12-15H,5-6,9,17H2,1-4H3,(H,18,19). The van der Waals surface area contributed by atoms with Gasteiger partial charge in [-0.2, -0.15) is 0 Å². The Morgan fingerprint density at radius 3 is 2.67 bits per heavy atom. The van der Waals surface area contributed by atoms with Crippen molar-refractivity contribution in [1.82, 2.24) is 5.32 Å². The van der Waals surface area contributed by atoms with Crippen LogP contribution in [0.2, 0.25) is 0 Å². The summed E-state index contributed by atoms with van der Waals surface area (Å²) >= 11 is 0. The van der Waals surface area contributed by atoms with Gasteiger partial charge in [-0.25, -0.2) is 0 Å². The number of unbranched alkanes of at least 4 members (excludes halogenated alkanes) is 1. The smallest absolute Gasteiger partial charge is 0.309 e. The van der Waals surface area contributed by atoms with Crippen LogP contribution in [0.3, 0.4) is 0 Å². The Morgan fingerprint density at radius 1 is 1.48 bits per heavy atom. The molecule has 1 fully saturated rings. The molecule has 0 heterocycles. The predicted molar refractivity (Wildman–Crippen MR) is 82.4 cm³/mol. The highest BCUT2D eigenvalue weighted by molar-refractivity contribution is 5.74. The molecule has 0 aliphatic heterocycles. The van der Waals surface area contributed by atoms with Crippen LogP contribution < -0.4 is 11.1 Å². The Labute approximate surface area is 127 Å². The van der Waals surface area contributed by atoms with Crippen LogP contribution in [0, 0.1) is 17.8 Å². The lowest BCUT2D eigenvalue weighted by Gasteiger charge is -2.28. The predicted octanol–water partition coefficient (Wildman–Crippen LogP) is 1.62. The van der Waals surface area contributed by atoms with Crippen LogP contribution in [0.1, 0.15) is 40.0 Å². The number of esters is 1. The van der Waals surface area contributed by atoms with E-state index in [9.17, 15) is 9.59 Å². The third kappa shape index (κ3) is 4.56. The number of ether oxygens (including phenoxy) is 1. The van der Waals surface area contributed by atoms with Crippen molar-refractivity contribution in [2.75, 3.05) is 7.11 Å². The van der Waals surface area contributed by atoms with Gasteiger partial charge in [-0.3, -0.25) is 9.59 Å². The molecule has 0 aromatic carbocycles. The Kier molecular flexibility index (Phi) is 6.89. The Bertz CT molecular complexity index is 395. The number of carbonyl (C=O) groups is 2. The number of carbonyl (C=O) groups excluding carboxylic acids is 2. The van der Waals surface area contributed by atoms with Crippen molar-refractivity contribution >= 4 is 11.9 Å². The van der Waals surface area contributed by atoms with Crippen LogP contribution in [0.25, 0.3) is 0 Å². The van der Waals surface area contributed by atoms with Crippen molar-refractivity contribution in [3.63, 3.8) is 0 Å². The molecule has 0 bridgehead atoms. The van der Waals surface area contributed by atoms with E-state index in [-0.39, 0.29) is 41.7 Å². The van der Waals surface area contributed by atoms with Crippen molar-refractivity contribution < 1.29 is 14.3 Å². The molecule has 120 valence electrons. The summed E-state index contributed by atoms with van der Waals surface area (Å²) in [5.74, 6) is -0.451. The lowest BCUT2D eigenvalue weighted by molar-refractivity contribution is -0.146. The van der Waals surface area contributed by atoms with Gasteiger partial charge in [0.15, 0.2) is 0 Å². The maximum atomic E-state index is 12.0. The first-order valence-corrected chi connectivity index (χ1v) is 7.69. The van der Waals surface area contributed by atoms with Crippen molar-refractivity contribution in [3.8, 4) is 0 Å². The second kappa shape index (κ2) is 8.17. The molecule has 1 aliphatic carbocycles. The van der Waals surface area contributed by atoms with Crippen LogP contribution in [0.5, 0.6) is 0 Å². The van der Waals surface area contributed by atoms with Gasteiger partial charge in [0, 0.05) is 24.9 Å². The molecule has 1 amide bonds. The van der Waals surface area contributed by atoms with E-state index in [2.05, 4.69) is 24.4 Å². The lowest BCUT2D eigenvalue weighted by atomic mass is 9.83. The minimum Gasteiger partial charge on any atom is -0.469 e. The number of nitrogens with one attached hydrogen (secondary N) is 1. The van der Waals surface area contributed by atoms with E-state index >= 15 is 0 Å². The minimum atomic E-state index is -0.223. The molecule has 21 heavy (non-hydrogen) atoms. The molecule has 3 N–H and O–H groups in total. The average Bonchev–Trinajstić information content (AvgIpc) is 2.74. The van der Waals surface area contributed by atoms with Crippen molar-refractivity contribution in [2.24, 2.45) is 23.5 Å². The zero-order valence-corrected chi connectivity index (χ0v) is 13.5. The third-order valence-electron chi connectivity index (χ3n) is 4.26. The van der Waals surface area contributed by atoms with Crippen LogP contribution >= 0.6 is 0 Å². The highest BCUT2D eigenvalue weighted by Gasteiger charge is 2.46. The zero-order chi connectivity index (χ0) is 16.0. The normalized spacial score (nSPS) is 30.3. The number of hydrogen-bond acceptors (Lipinski definition) is 4. The molecule has 0 spiro atoms. The van der Waals surface area contributed by atoms with E-state index in [1.54, 1.807) is 0 Å².